The quantitative estimate of drug-likeness (QED) is 0.334. The lowest BCUT2D eigenvalue weighted by Crippen LogP contribution is -2.22. The van der Waals surface area contributed by atoms with E-state index in [0.29, 0.717) is 18.8 Å². The van der Waals surface area contributed by atoms with Gasteiger partial charge in [-0.1, -0.05) is 18.7 Å². The molecule has 0 aliphatic rings. The first-order valence-corrected chi connectivity index (χ1v) is 5.76. The van der Waals surface area contributed by atoms with E-state index in [0.717, 1.165) is 12.0 Å². The Morgan fingerprint density at radius 1 is 1.50 bits per heavy atom. The number of anilines is 1. The number of carbonyl (C=O) groups excluding carboxylic acids is 1. The lowest BCUT2D eigenvalue weighted by Gasteiger charge is -2.02. The van der Waals surface area contributed by atoms with E-state index in [1.54, 1.807) is 12.1 Å². The molecule has 0 bridgehead atoms. The minimum atomic E-state index is -0.129. The molecule has 0 saturated heterocycles. The molecule has 0 fully saturated rings. The maximum Gasteiger partial charge on any atom is 0.244 e. The molecule has 3 N–H and O–H groups in total. The summed E-state index contributed by atoms with van der Waals surface area (Å²) in [5.41, 5.74) is 7.22. The van der Waals surface area contributed by atoms with Crippen molar-refractivity contribution in [2.24, 2.45) is 0 Å². The largest absolute Gasteiger partial charge is 0.502 e. The van der Waals surface area contributed by atoms with Crippen molar-refractivity contribution in [3.05, 3.63) is 48.7 Å². The van der Waals surface area contributed by atoms with Crippen molar-refractivity contribution in [3.8, 4) is 0 Å². The summed E-state index contributed by atoms with van der Waals surface area (Å²) in [5.74, 6) is -0.129. The van der Waals surface area contributed by atoms with Crippen LogP contribution >= 0.6 is 0 Å². The van der Waals surface area contributed by atoms with Gasteiger partial charge >= 0.3 is 0 Å². The van der Waals surface area contributed by atoms with E-state index in [-0.39, 0.29) is 5.91 Å². The van der Waals surface area contributed by atoms with E-state index in [9.17, 15) is 4.79 Å². The molecule has 1 amide bonds. The summed E-state index contributed by atoms with van der Waals surface area (Å²) in [5, 5.41) is 2.76. The summed E-state index contributed by atoms with van der Waals surface area (Å²) in [6, 6.07) is 7.34. The number of benzene rings is 1. The van der Waals surface area contributed by atoms with Crippen molar-refractivity contribution in [2.75, 3.05) is 18.9 Å². The Hall–Kier alpha value is -2.23. The molecule has 4 nitrogen and oxygen atoms in total. The van der Waals surface area contributed by atoms with Crippen molar-refractivity contribution in [2.45, 2.75) is 6.42 Å². The van der Waals surface area contributed by atoms with Crippen LogP contribution in [0.3, 0.4) is 0 Å². The van der Waals surface area contributed by atoms with Crippen molar-refractivity contribution in [1.29, 1.82) is 0 Å². The normalized spacial score (nSPS) is 10.2. The maximum absolute atomic E-state index is 11.4. The number of hydrogen-bond donors (Lipinski definition) is 2. The minimum Gasteiger partial charge on any atom is -0.502 e. The smallest absolute Gasteiger partial charge is 0.244 e. The Kier molecular flexibility index (Phi) is 6.11. The van der Waals surface area contributed by atoms with Crippen LogP contribution in [-0.2, 0) is 9.53 Å². The van der Waals surface area contributed by atoms with E-state index in [4.69, 9.17) is 10.5 Å². The zero-order valence-electron chi connectivity index (χ0n) is 10.3. The third-order valence-electron chi connectivity index (χ3n) is 2.19. The minimum absolute atomic E-state index is 0.129. The lowest BCUT2D eigenvalue weighted by atomic mass is 10.2. The molecule has 0 spiro atoms. The summed E-state index contributed by atoms with van der Waals surface area (Å²) in [4.78, 5) is 11.4. The zero-order chi connectivity index (χ0) is 13.2. The first kappa shape index (κ1) is 13.8. The number of nitrogen functional groups attached to an aromatic ring is 1. The molecule has 0 unspecified atom stereocenters. The van der Waals surface area contributed by atoms with Crippen LogP contribution in [-0.4, -0.2) is 19.1 Å². The number of nitrogens with two attached hydrogens (primary N) is 1. The van der Waals surface area contributed by atoms with Crippen LogP contribution in [0.5, 0.6) is 0 Å². The standard InChI is InChI=1S/C14H18N2O2/c1-2-18-10-4-9-16-14(17)8-7-12-5-3-6-13(15)11-12/h2-3,5-8,11H,1,4,9-10,15H2,(H,16,17)/b8-7+. The highest BCUT2D eigenvalue weighted by molar-refractivity contribution is 5.91. The van der Waals surface area contributed by atoms with Gasteiger partial charge in [-0.15, -0.1) is 0 Å². The van der Waals surface area contributed by atoms with E-state index in [2.05, 4.69) is 11.9 Å². The van der Waals surface area contributed by atoms with Crippen LogP contribution in [0.25, 0.3) is 6.08 Å². The van der Waals surface area contributed by atoms with Crippen LogP contribution in [0.15, 0.2) is 43.2 Å². The predicted molar refractivity (Wildman–Crippen MR) is 73.7 cm³/mol. The molecule has 0 saturated carbocycles. The highest BCUT2D eigenvalue weighted by atomic mass is 16.5. The second-order valence-corrected chi connectivity index (χ2v) is 3.69. The Morgan fingerprint density at radius 2 is 2.33 bits per heavy atom. The number of rotatable bonds is 7. The van der Waals surface area contributed by atoms with Gasteiger partial charge in [-0.25, -0.2) is 0 Å². The Bertz CT molecular complexity index is 428. The van der Waals surface area contributed by atoms with Gasteiger partial charge in [0.2, 0.25) is 5.91 Å². The number of hydrogen-bond acceptors (Lipinski definition) is 3. The maximum atomic E-state index is 11.4. The first-order chi connectivity index (χ1) is 8.72. The molecular formula is C14H18N2O2. The van der Waals surface area contributed by atoms with Crippen molar-refractivity contribution in [1.82, 2.24) is 5.32 Å². The monoisotopic (exact) mass is 246 g/mol. The Labute approximate surface area is 107 Å². The fourth-order valence-corrected chi connectivity index (χ4v) is 1.34. The third kappa shape index (κ3) is 5.75. The predicted octanol–water partition coefficient (Wildman–Crippen LogP) is 1.95. The van der Waals surface area contributed by atoms with Crippen LogP contribution in [0.1, 0.15) is 12.0 Å². The SMILES string of the molecule is C=COCCCNC(=O)/C=C/c1cccc(N)c1. The molecule has 0 heterocycles. The summed E-state index contributed by atoms with van der Waals surface area (Å²) in [7, 11) is 0. The second kappa shape index (κ2) is 7.95. The van der Waals surface area contributed by atoms with Gasteiger partial charge in [0.25, 0.3) is 0 Å². The number of ether oxygens (including phenoxy) is 1. The second-order valence-electron chi connectivity index (χ2n) is 3.69. The molecule has 1 aromatic carbocycles. The highest BCUT2D eigenvalue weighted by Crippen LogP contribution is 2.07. The number of amides is 1. The molecule has 1 rings (SSSR count). The number of carbonyl (C=O) groups is 1. The van der Waals surface area contributed by atoms with Gasteiger partial charge in [0.1, 0.15) is 0 Å². The van der Waals surface area contributed by atoms with Crippen LogP contribution in [0.2, 0.25) is 0 Å². The Morgan fingerprint density at radius 3 is 3.06 bits per heavy atom. The summed E-state index contributed by atoms with van der Waals surface area (Å²) >= 11 is 0. The molecule has 0 aliphatic carbocycles. The molecular weight excluding hydrogens is 228 g/mol. The van der Waals surface area contributed by atoms with E-state index in [1.165, 1.54) is 12.3 Å². The molecule has 0 atom stereocenters. The van der Waals surface area contributed by atoms with Crippen molar-refractivity contribution >= 4 is 17.7 Å². The Balaban J connectivity index is 2.29. The van der Waals surface area contributed by atoms with Crippen molar-refractivity contribution in [3.63, 3.8) is 0 Å². The topological polar surface area (TPSA) is 64.3 Å². The summed E-state index contributed by atoms with van der Waals surface area (Å²) < 4.78 is 4.94. The average Bonchev–Trinajstić information content (AvgIpc) is 2.36. The zero-order valence-corrected chi connectivity index (χ0v) is 10.3. The molecule has 1 aromatic rings. The molecule has 18 heavy (non-hydrogen) atoms. The van der Waals surface area contributed by atoms with Gasteiger partial charge in [-0.05, 0) is 30.2 Å². The van der Waals surface area contributed by atoms with E-state index in [1.807, 2.05) is 18.2 Å². The van der Waals surface area contributed by atoms with Gasteiger partial charge in [0.15, 0.2) is 0 Å². The van der Waals surface area contributed by atoms with Crippen LogP contribution in [0.4, 0.5) is 5.69 Å². The first-order valence-electron chi connectivity index (χ1n) is 5.76. The van der Waals surface area contributed by atoms with Gasteiger partial charge in [-0.3, -0.25) is 4.79 Å². The lowest BCUT2D eigenvalue weighted by molar-refractivity contribution is -0.116. The third-order valence-corrected chi connectivity index (χ3v) is 2.19. The highest BCUT2D eigenvalue weighted by Gasteiger charge is 1.95. The van der Waals surface area contributed by atoms with Gasteiger partial charge in [-0.2, -0.15) is 0 Å². The van der Waals surface area contributed by atoms with E-state index >= 15 is 0 Å². The molecule has 0 aromatic heterocycles. The fraction of sp³-hybridized carbons (Fsp3) is 0.214. The van der Waals surface area contributed by atoms with Gasteiger partial charge in [0.05, 0.1) is 12.9 Å². The average molecular weight is 246 g/mol. The fourth-order valence-electron chi connectivity index (χ4n) is 1.34. The van der Waals surface area contributed by atoms with Crippen LogP contribution in [0, 0.1) is 0 Å². The van der Waals surface area contributed by atoms with E-state index < -0.39 is 0 Å². The van der Waals surface area contributed by atoms with Crippen LogP contribution < -0.4 is 11.1 Å². The molecule has 4 heteroatoms. The number of nitrogens with one attached hydrogen (secondary N) is 1. The summed E-state index contributed by atoms with van der Waals surface area (Å²) in [6.45, 7) is 4.57. The van der Waals surface area contributed by atoms with Crippen molar-refractivity contribution < 1.29 is 9.53 Å². The molecule has 0 aliphatic heterocycles. The summed E-state index contributed by atoms with van der Waals surface area (Å²) in [6.07, 6.45) is 5.36. The molecule has 96 valence electrons. The van der Waals surface area contributed by atoms with Gasteiger partial charge in [0, 0.05) is 18.3 Å². The molecule has 0 radical (unpaired) electrons. The van der Waals surface area contributed by atoms with Gasteiger partial charge < -0.3 is 15.8 Å².